The van der Waals surface area contributed by atoms with Crippen molar-refractivity contribution in [3.8, 4) is 5.75 Å². The van der Waals surface area contributed by atoms with Gasteiger partial charge in [-0.05, 0) is 54.8 Å². The van der Waals surface area contributed by atoms with Gasteiger partial charge in [0, 0.05) is 43.9 Å². The van der Waals surface area contributed by atoms with Gasteiger partial charge in [-0.3, -0.25) is 9.69 Å². The number of ether oxygens (including phenoxy) is 1. The summed E-state index contributed by atoms with van der Waals surface area (Å²) in [6.45, 7) is 8.24. The molecule has 0 radical (unpaired) electrons. The number of hydrogen-bond donors (Lipinski definition) is 0. The summed E-state index contributed by atoms with van der Waals surface area (Å²) in [7, 11) is 0. The molecule has 0 N–H and O–H groups in total. The van der Waals surface area contributed by atoms with Crippen LogP contribution in [-0.4, -0.2) is 51.7 Å². The smallest absolute Gasteiger partial charge is 0.274 e. The van der Waals surface area contributed by atoms with E-state index in [0.717, 1.165) is 41.5 Å². The normalized spacial score (nSPS) is 14.6. The third-order valence-corrected chi connectivity index (χ3v) is 5.79. The third-order valence-electron chi connectivity index (χ3n) is 5.53. The van der Waals surface area contributed by atoms with Crippen LogP contribution in [0.2, 0.25) is 5.02 Å². The number of amides is 1. The molecule has 0 bridgehead atoms. The van der Waals surface area contributed by atoms with E-state index in [9.17, 15) is 4.79 Å². The Kier molecular flexibility index (Phi) is 6.59. The highest BCUT2D eigenvalue weighted by molar-refractivity contribution is 6.30. The Morgan fingerprint density at radius 1 is 1.03 bits per heavy atom. The van der Waals surface area contributed by atoms with Gasteiger partial charge in [-0.1, -0.05) is 35.9 Å². The van der Waals surface area contributed by atoms with Gasteiger partial charge in [-0.15, -0.1) is 0 Å². The second-order valence-electron chi connectivity index (χ2n) is 7.98. The average Bonchev–Trinajstić information content (AvgIpc) is 3.25. The highest BCUT2D eigenvalue weighted by atomic mass is 35.5. The molecule has 0 atom stereocenters. The van der Waals surface area contributed by atoms with Crippen LogP contribution in [0.25, 0.3) is 0 Å². The summed E-state index contributed by atoms with van der Waals surface area (Å²) in [5, 5.41) is 5.17. The fourth-order valence-corrected chi connectivity index (χ4v) is 3.79. The number of carbonyl (C=O) groups excluding carboxylic acids is 1. The van der Waals surface area contributed by atoms with Gasteiger partial charge in [-0.2, -0.15) is 5.10 Å². The van der Waals surface area contributed by atoms with Crippen LogP contribution in [0.1, 0.15) is 27.2 Å². The Morgan fingerprint density at radius 3 is 2.52 bits per heavy atom. The molecule has 0 saturated carbocycles. The van der Waals surface area contributed by atoms with Crippen LogP contribution in [0, 0.1) is 13.8 Å². The Bertz CT molecular complexity index is 1040. The molecule has 1 aliphatic heterocycles. The van der Waals surface area contributed by atoms with Gasteiger partial charge in [0.05, 0.1) is 0 Å². The summed E-state index contributed by atoms with van der Waals surface area (Å²) in [4.78, 5) is 17.1. The van der Waals surface area contributed by atoms with Crippen molar-refractivity contribution in [3.05, 3.63) is 82.1 Å². The van der Waals surface area contributed by atoms with E-state index in [1.807, 2.05) is 55.1 Å². The molecule has 0 aliphatic carbocycles. The molecule has 0 unspecified atom stereocenters. The maximum atomic E-state index is 12.9. The lowest BCUT2D eigenvalue weighted by Crippen LogP contribution is -2.48. The molecule has 3 aromatic rings. The number of nitrogens with zero attached hydrogens (tertiary/aromatic N) is 4. The molecular formula is C24H27ClN4O2. The number of aromatic nitrogens is 2. The van der Waals surface area contributed by atoms with Crippen LogP contribution in [0.4, 0.5) is 0 Å². The molecular weight excluding hydrogens is 412 g/mol. The Morgan fingerprint density at radius 2 is 1.77 bits per heavy atom. The van der Waals surface area contributed by atoms with E-state index in [2.05, 4.69) is 16.1 Å². The van der Waals surface area contributed by atoms with Crippen molar-refractivity contribution in [1.29, 1.82) is 0 Å². The standard InChI is InChI=1S/C24H27ClN4O2/c1-18-3-4-19(2)23(15-18)31-17-29-10-9-22(26-29)24(30)28-13-11-27(12-14-28)16-20-5-7-21(25)8-6-20/h3-10,15H,11-14,16-17H2,1-2H3. The molecule has 4 rings (SSSR count). The SMILES string of the molecule is Cc1ccc(C)c(OCn2ccc(C(=O)N3CCN(Cc4ccc(Cl)cc4)CC3)n2)c1. The van der Waals surface area contributed by atoms with Gasteiger partial charge in [0.1, 0.15) is 5.75 Å². The van der Waals surface area contributed by atoms with Crippen LogP contribution in [-0.2, 0) is 13.3 Å². The molecule has 1 saturated heterocycles. The molecule has 2 aromatic carbocycles. The summed E-state index contributed by atoms with van der Waals surface area (Å²) in [6.07, 6.45) is 1.79. The minimum atomic E-state index is -0.0309. The van der Waals surface area contributed by atoms with E-state index in [1.54, 1.807) is 16.9 Å². The van der Waals surface area contributed by atoms with Crippen LogP contribution < -0.4 is 4.74 Å². The lowest BCUT2D eigenvalue weighted by atomic mass is 10.1. The molecule has 31 heavy (non-hydrogen) atoms. The lowest BCUT2D eigenvalue weighted by molar-refractivity contribution is 0.0621. The number of benzene rings is 2. The van der Waals surface area contributed by atoms with Gasteiger partial charge < -0.3 is 9.64 Å². The van der Waals surface area contributed by atoms with E-state index >= 15 is 0 Å². The summed E-state index contributed by atoms with van der Waals surface area (Å²) >= 11 is 5.96. The summed E-state index contributed by atoms with van der Waals surface area (Å²) in [5.41, 5.74) is 3.90. The quantitative estimate of drug-likeness (QED) is 0.580. The van der Waals surface area contributed by atoms with Crippen molar-refractivity contribution in [1.82, 2.24) is 19.6 Å². The third kappa shape index (κ3) is 5.46. The maximum absolute atomic E-state index is 12.9. The van der Waals surface area contributed by atoms with E-state index in [1.165, 1.54) is 5.56 Å². The number of aryl methyl sites for hydroxylation is 2. The van der Waals surface area contributed by atoms with Gasteiger partial charge in [-0.25, -0.2) is 4.68 Å². The van der Waals surface area contributed by atoms with Gasteiger partial charge in [0.25, 0.3) is 5.91 Å². The van der Waals surface area contributed by atoms with E-state index in [-0.39, 0.29) is 12.6 Å². The number of carbonyl (C=O) groups is 1. The lowest BCUT2D eigenvalue weighted by Gasteiger charge is -2.34. The van der Waals surface area contributed by atoms with E-state index in [4.69, 9.17) is 16.3 Å². The fourth-order valence-electron chi connectivity index (χ4n) is 3.67. The number of hydrogen-bond acceptors (Lipinski definition) is 4. The minimum absolute atomic E-state index is 0.0309. The Hall–Kier alpha value is -2.83. The van der Waals surface area contributed by atoms with Crippen molar-refractivity contribution in [2.24, 2.45) is 0 Å². The molecule has 2 heterocycles. The van der Waals surface area contributed by atoms with Gasteiger partial charge >= 0.3 is 0 Å². The Balaban J connectivity index is 1.29. The van der Waals surface area contributed by atoms with Crippen LogP contribution >= 0.6 is 11.6 Å². The second-order valence-corrected chi connectivity index (χ2v) is 8.41. The molecule has 1 aliphatic rings. The van der Waals surface area contributed by atoms with Crippen molar-refractivity contribution in [2.75, 3.05) is 26.2 Å². The van der Waals surface area contributed by atoms with Crippen molar-refractivity contribution in [2.45, 2.75) is 27.1 Å². The largest absolute Gasteiger partial charge is 0.471 e. The maximum Gasteiger partial charge on any atom is 0.274 e. The zero-order valence-corrected chi connectivity index (χ0v) is 18.7. The zero-order valence-electron chi connectivity index (χ0n) is 17.9. The topological polar surface area (TPSA) is 50.6 Å². The molecule has 1 amide bonds. The monoisotopic (exact) mass is 438 g/mol. The Labute approximate surface area is 188 Å². The van der Waals surface area contributed by atoms with Crippen molar-refractivity contribution >= 4 is 17.5 Å². The first-order valence-electron chi connectivity index (χ1n) is 10.5. The van der Waals surface area contributed by atoms with Crippen LogP contribution in [0.5, 0.6) is 5.75 Å². The molecule has 0 spiro atoms. The average molecular weight is 439 g/mol. The molecule has 1 fully saturated rings. The summed E-state index contributed by atoms with van der Waals surface area (Å²) in [6, 6.07) is 15.8. The first-order chi connectivity index (χ1) is 15.0. The molecule has 162 valence electrons. The highest BCUT2D eigenvalue weighted by Gasteiger charge is 2.23. The molecule has 1 aromatic heterocycles. The van der Waals surface area contributed by atoms with E-state index < -0.39 is 0 Å². The first-order valence-corrected chi connectivity index (χ1v) is 10.9. The van der Waals surface area contributed by atoms with Crippen LogP contribution in [0.15, 0.2) is 54.7 Å². The van der Waals surface area contributed by atoms with E-state index in [0.29, 0.717) is 18.8 Å². The summed E-state index contributed by atoms with van der Waals surface area (Å²) in [5.74, 6) is 0.803. The van der Waals surface area contributed by atoms with Gasteiger partial charge in [0.2, 0.25) is 0 Å². The van der Waals surface area contributed by atoms with Crippen molar-refractivity contribution < 1.29 is 9.53 Å². The van der Waals surface area contributed by atoms with Crippen LogP contribution in [0.3, 0.4) is 0 Å². The predicted octanol–water partition coefficient (Wildman–Crippen LogP) is 4.15. The highest BCUT2D eigenvalue weighted by Crippen LogP contribution is 2.19. The number of piperazine rings is 1. The predicted molar refractivity (Wildman–Crippen MR) is 121 cm³/mol. The van der Waals surface area contributed by atoms with Gasteiger partial charge in [0.15, 0.2) is 12.4 Å². The minimum Gasteiger partial charge on any atom is -0.471 e. The number of rotatable bonds is 6. The van der Waals surface area contributed by atoms with Crippen molar-refractivity contribution in [3.63, 3.8) is 0 Å². The molecule has 7 heteroatoms. The second kappa shape index (κ2) is 9.54. The fraction of sp³-hybridized carbons (Fsp3) is 0.333. The summed E-state index contributed by atoms with van der Waals surface area (Å²) < 4.78 is 7.54. The first kappa shape index (κ1) is 21.4. The number of halogens is 1. The molecule has 6 nitrogen and oxygen atoms in total. The zero-order chi connectivity index (χ0) is 21.8.